The summed E-state index contributed by atoms with van der Waals surface area (Å²) < 4.78 is 0. The first-order chi connectivity index (χ1) is 4.27. The zero-order valence-corrected chi connectivity index (χ0v) is 6.20. The van der Waals surface area contributed by atoms with Crippen molar-refractivity contribution in [2.24, 2.45) is 0 Å². The van der Waals surface area contributed by atoms with Crippen LogP contribution >= 0.6 is 11.8 Å². The molecule has 0 atom stereocenters. The second kappa shape index (κ2) is 5.64. The van der Waals surface area contributed by atoms with E-state index in [0.717, 1.165) is 5.75 Å². The first-order valence-corrected chi connectivity index (χ1v) is 3.87. The van der Waals surface area contributed by atoms with Crippen LogP contribution in [-0.2, 0) is 4.79 Å². The van der Waals surface area contributed by atoms with E-state index in [2.05, 4.69) is 0 Å². The van der Waals surface area contributed by atoms with Crippen LogP contribution in [0.25, 0.3) is 0 Å². The lowest BCUT2D eigenvalue weighted by molar-refractivity contribution is -0.116. The summed E-state index contributed by atoms with van der Waals surface area (Å²) in [5.41, 5.74) is 0. The third-order valence-electron chi connectivity index (χ3n) is 0.765. The van der Waals surface area contributed by atoms with E-state index in [4.69, 9.17) is 5.26 Å². The number of Topliss-reactive ketones (excluding diaryl/α,β-unsaturated/α-hetero) is 1. The summed E-state index contributed by atoms with van der Waals surface area (Å²) in [5.74, 6) is 1.47. The lowest BCUT2D eigenvalue weighted by atomic mass is 10.4. The van der Waals surface area contributed by atoms with Crippen LogP contribution in [0.1, 0.15) is 13.3 Å². The molecule has 0 fully saturated rings. The van der Waals surface area contributed by atoms with E-state index in [1.807, 2.05) is 6.07 Å². The maximum Gasteiger partial charge on any atom is 0.130 e. The van der Waals surface area contributed by atoms with E-state index in [9.17, 15) is 4.79 Å². The van der Waals surface area contributed by atoms with Crippen LogP contribution in [0.2, 0.25) is 0 Å². The summed E-state index contributed by atoms with van der Waals surface area (Å²) in [6.07, 6.45) is 0.590. The fraction of sp³-hybridized carbons (Fsp3) is 0.667. The second-order valence-corrected chi connectivity index (χ2v) is 2.77. The van der Waals surface area contributed by atoms with Crippen molar-refractivity contribution >= 4 is 17.5 Å². The molecule has 50 valence electrons. The monoisotopic (exact) mass is 143 g/mol. The second-order valence-electron chi connectivity index (χ2n) is 1.66. The first-order valence-electron chi connectivity index (χ1n) is 2.71. The van der Waals surface area contributed by atoms with Crippen LogP contribution in [0, 0.1) is 11.3 Å². The molecule has 0 radical (unpaired) electrons. The quantitative estimate of drug-likeness (QED) is 0.555. The topological polar surface area (TPSA) is 40.9 Å². The lowest BCUT2D eigenvalue weighted by Gasteiger charge is -1.90. The smallest absolute Gasteiger partial charge is 0.130 e. The molecule has 0 aliphatic rings. The van der Waals surface area contributed by atoms with Crippen LogP contribution < -0.4 is 0 Å². The van der Waals surface area contributed by atoms with Crippen molar-refractivity contribution in [2.45, 2.75) is 13.3 Å². The molecule has 0 aliphatic carbocycles. The van der Waals surface area contributed by atoms with E-state index in [1.54, 1.807) is 6.92 Å². The van der Waals surface area contributed by atoms with Gasteiger partial charge in [-0.3, -0.25) is 4.79 Å². The molecule has 0 amide bonds. The molecule has 0 rings (SSSR count). The number of carbonyl (C=O) groups excluding carboxylic acids is 1. The summed E-state index contributed by atoms with van der Waals surface area (Å²) in [4.78, 5) is 10.3. The molecule has 0 unspecified atom stereocenters. The predicted molar refractivity (Wildman–Crippen MR) is 38.2 cm³/mol. The zero-order chi connectivity index (χ0) is 7.11. The van der Waals surface area contributed by atoms with Gasteiger partial charge in [-0.1, -0.05) is 0 Å². The molecular formula is C6H9NOS. The minimum absolute atomic E-state index is 0.195. The van der Waals surface area contributed by atoms with Gasteiger partial charge in [0, 0.05) is 12.2 Å². The van der Waals surface area contributed by atoms with Gasteiger partial charge in [-0.25, -0.2) is 0 Å². The molecular weight excluding hydrogens is 134 g/mol. The molecule has 0 aromatic rings. The van der Waals surface area contributed by atoms with Gasteiger partial charge in [-0.05, 0) is 6.92 Å². The summed E-state index contributed by atoms with van der Waals surface area (Å²) in [6, 6.07) is 1.99. The fourth-order valence-electron chi connectivity index (χ4n) is 0.334. The molecule has 3 heteroatoms. The molecule has 2 nitrogen and oxygen atoms in total. The van der Waals surface area contributed by atoms with Crippen LogP contribution in [0.3, 0.4) is 0 Å². The van der Waals surface area contributed by atoms with Gasteiger partial charge in [-0.2, -0.15) is 5.26 Å². The Labute approximate surface area is 59.2 Å². The van der Waals surface area contributed by atoms with Crippen LogP contribution in [0.4, 0.5) is 0 Å². The highest BCUT2D eigenvalue weighted by molar-refractivity contribution is 7.99. The van der Waals surface area contributed by atoms with Crippen molar-refractivity contribution < 1.29 is 4.79 Å². The molecule has 0 spiro atoms. The Bertz CT molecular complexity index is 128. The third kappa shape index (κ3) is 7.51. The summed E-state index contributed by atoms with van der Waals surface area (Å²) in [5, 5.41) is 8.08. The Morgan fingerprint density at radius 2 is 2.44 bits per heavy atom. The number of ketones is 1. The van der Waals surface area contributed by atoms with Gasteiger partial charge >= 0.3 is 0 Å². The number of carbonyl (C=O) groups is 1. The van der Waals surface area contributed by atoms with Crippen molar-refractivity contribution in [1.29, 1.82) is 5.26 Å². The lowest BCUT2D eigenvalue weighted by Crippen LogP contribution is -1.91. The van der Waals surface area contributed by atoms with Crippen LogP contribution in [-0.4, -0.2) is 17.3 Å². The number of nitriles is 1. The van der Waals surface area contributed by atoms with Crippen LogP contribution in [0.15, 0.2) is 0 Å². The van der Waals surface area contributed by atoms with E-state index < -0.39 is 0 Å². The molecule has 0 aromatic carbocycles. The van der Waals surface area contributed by atoms with Gasteiger partial charge in [0.05, 0.1) is 11.8 Å². The van der Waals surface area contributed by atoms with Crippen LogP contribution in [0.5, 0.6) is 0 Å². The standard InChI is InChI=1S/C6H9NOS/c1-6(8)2-4-9-5-3-7/h2,4-5H2,1H3. The Kier molecular flexibility index (Phi) is 5.34. The average molecular weight is 143 g/mol. The molecule has 0 N–H and O–H groups in total. The third-order valence-corrected chi connectivity index (χ3v) is 1.59. The highest BCUT2D eigenvalue weighted by atomic mass is 32.2. The van der Waals surface area contributed by atoms with Crippen molar-refractivity contribution in [3.8, 4) is 6.07 Å². The van der Waals surface area contributed by atoms with E-state index in [1.165, 1.54) is 11.8 Å². The zero-order valence-electron chi connectivity index (χ0n) is 5.39. The molecule has 9 heavy (non-hydrogen) atoms. The number of hydrogen-bond acceptors (Lipinski definition) is 3. The Balaban J connectivity index is 2.94. The maximum absolute atomic E-state index is 10.3. The number of rotatable bonds is 4. The molecule has 0 heterocycles. The molecule has 0 saturated heterocycles. The summed E-state index contributed by atoms with van der Waals surface area (Å²) in [6.45, 7) is 1.56. The Morgan fingerprint density at radius 1 is 1.78 bits per heavy atom. The minimum atomic E-state index is 0.195. The van der Waals surface area contributed by atoms with E-state index >= 15 is 0 Å². The largest absolute Gasteiger partial charge is 0.300 e. The van der Waals surface area contributed by atoms with Gasteiger partial charge < -0.3 is 0 Å². The van der Waals surface area contributed by atoms with Gasteiger partial charge in [0.1, 0.15) is 5.78 Å². The highest BCUT2D eigenvalue weighted by Gasteiger charge is 1.91. The van der Waals surface area contributed by atoms with Gasteiger partial charge in [0.15, 0.2) is 0 Å². The normalized spacial score (nSPS) is 8.44. The molecule has 0 saturated carbocycles. The van der Waals surface area contributed by atoms with E-state index in [0.29, 0.717) is 12.2 Å². The van der Waals surface area contributed by atoms with Crippen molar-refractivity contribution in [2.75, 3.05) is 11.5 Å². The SMILES string of the molecule is CC(=O)CCSCC#N. The molecule has 0 aliphatic heterocycles. The number of nitrogens with zero attached hydrogens (tertiary/aromatic N) is 1. The van der Waals surface area contributed by atoms with E-state index in [-0.39, 0.29) is 5.78 Å². The summed E-state index contributed by atoms with van der Waals surface area (Å²) >= 11 is 1.50. The van der Waals surface area contributed by atoms with Gasteiger partial charge in [0.25, 0.3) is 0 Å². The fourth-order valence-corrected chi connectivity index (χ4v) is 1.00. The maximum atomic E-state index is 10.3. The Morgan fingerprint density at radius 3 is 2.89 bits per heavy atom. The summed E-state index contributed by atoms with van der Waals surface area (Å²) in [7, 11) is 0. The number of hydrogen-bond donors (Lipinski definition) is 0. The molecule has 0 bridgehead atoms. The van der Waals surface area contributed by atoms with Gasteiger partial charge in [0.2, 0.25) is 0 Å². The number of thioether (sulfide) groups is 1. The van der Waals surface area contributed by atoms with Gasteiger partial charge in [-0.15, -0.1) is 11.8 Å². The first kappa shape index (κ1) is 8.51. The van der Waals surface area contributed by atoms with Crippen molar-refractivity contribution in [3.63, 3.8) is 0 Å². The van der Waals surface area contributed by atoms with Crippen molar-refractivity contribution in [1.82, 2.24) is 0 Å². The predicted octanol–water partition coefficient (Wildman–Crippen LogP) is 1.22. The van der Waals surface area contributed by atoms with Crippen molar-refractivity contribution in [3.05, 3.63) is 0 Å². The average Bonchev–Trinajstić information content (AvgIpc) is 1.80. The molecule has 0 aromatic heterocycles. The Hall–Kier alpha value is -0.490. The highest BCUT2D eigenvalue weighted by Crippen LogP contribution is 2.00. The minimum Gasteiger partial charge on any atom is -0.300 e.